The molecule has 0 saturated carbocycles. The van der Waals surface area contributed by atoms with Gasteiger partial charge in [-0.1, -0.05) is 11.6 Å². The molecule has 4 heterocycles. The Bertz CT molecular complexity index is 804. The smallest absolute Gasteiger partial charge is 0.273 e. The van der Waals surface area contributed by atoms with Crippen molar-refractivity contribution in [3.05, 3.63) is 45.6 Å². The Kier molecular flexibility index (Phi) is 4.21. The molecular weight excluding hydrogens is 360 g/mol. The second-order valence-electron chi connectivity index (χ2n) is 6.51. The van der Waals surface area contributed by atoms with Gasteiger partial charge in [0.15, 0.2) is 0 Å². The summed E-state index contributed by atoms with van der Waals surface area (Å²) >= 11 is 7.35. The molecule has 0 unspecified atom stereocenters. The molecule has 4 rings (SSSR count). The number of hydrogen-bond acceptors (Lipinski definition) is 5. The van der Waals surface area contributed by atoms with Crippen molar-refractivity contribution in [2.24, 2.45) is 0 Å². The summed E-state index contributed by atoms with van der Waals surface area (Å²) in [6.07, 6.45) is 5.22. The summed E-state index contributed by atoms with van der Waals surface area (Å²) in [4.78, 5) is 37.8. The molecule has 2 aliphatic heterocycles. The van der Waals surface area contributed by atoms with E-state index in [1.807, 2.05) is 21.9 Å². The molecule has 0 radical (unpaired) electrons. The third-order valence-corrected chi connectivity index (χ3v) is 6.15. The van der Waals surface area contributed by atoms with Gasteiger partial charge in [-0.3, -0.25) is 9.59 Å². The molecule has 2 fully saturated rings. The predicted octanol–water partition coefficient (Wildman–Crippen LogP) is 2.25. The number of aromatic nitrogens is 2. The van der Waals surface area contributed by atoms with E-state index in [0.29, 0.717) is 36.1 Å². The van der Waals surface area contributed by atoms with E-state index in [1.54, 1.807) is 12.3 Å². The van der Waals surface area contributed by atoms with Crippen LogP contribution in [-0.4, -0.2) is 56.8 Å². The molecule has 0 aromatic carbocycles. The van der Waals surface area contributed by atoms with Gasteiger partial charge in [-0.2, -0.15) is 0 Å². The van der Waals surface area contributed by atoms with Crippen molar-refractivity contribution in [2.45, 2.75) is 24.8 Å². The van der Waals surface area contributed by atoms with E-state index in [4.69, 9.17) is 11.6 Å². The summed E-state index contributed by atoms with van der Waals surface area (Å²) < 4.78 is 0.695. The van der Waals surface area contributed by atoms with Gasteiger partial charge >= 0.3 is 0 Å². The van der Waals surface area contributed by atoms with Crippen LogP contribution >= 0.6 is 22.9 Å². The van der Waals surface area contributed by atoms with Gasteiger partial charge in [-0.05, 0) is 31.0 Å². The molecular formula is C17H17ClN4O2S. The van der Waals surface area contributed by atoms with E-state index < -0.39 is 0 Å². The van der Waals surface area contributed by atoms with E-state index in [9.17, 15) is 9.59 Å². The molecule has 2 aromatic heterocycles. The van der Waals surface area contributed by atoms with Crippen LogP contribution in [0.5, 0.6) is 0 Å². The first-order valence-corrected chi connectivity index (χ1v) is 9.37. The monoisotopic (exact) mass is 376 g/mol. The second kappa shape index (κ2) is 6.38. The molecule has 0 aliphatic carbocycles. The van der Waals surface area contributed by atoms with Gasteiger partial charge in [0, 0.05) is 30.7 Å². The highest BCUT2D eigenvalue weighted by molar-refractivity contribution is 7.16. The van der Waals surface area contributed by atoms with Gasteiger partial charge in [0.25, 0.3) is 5.91 Å². The van der Waals surface area contributed by atoms with Crippen molar-refractivity contribution >= 4 is 34.8 Å². The van der Waals surface area contributed by atoms with Gasteiger partial charge in [0.1, 0.15) is 12.0 Å². The van der Waals surface area contributed by atoms with Crippen LogP contribution in [0.25, 0.3) is 0 Å². The molecule has 2 aliphatic rings. The second-order valence-corrected chi connectivity index (χ2v) is 8.31. The fourth-order valence-electron chi connectivity index (χ4n) is 3.69. The van der Waals surface area contributed by atoms with E-state index in [0.717, 1.165) is 17.7 Å². The Morgan fingerprint density at radius 2 is 2.12 bits per heavy atom. The van der Waals surface area contributed by atoms with Crippen LogP contribution in [0.3, 0.4) is 0 Å². The van der Waals surface area contributed by atoms with E-state index >= 15 is 0 Å². The van der Waals surface area contributed by atoms with Gasteiger partial charge in [0.05, 0.1) is 16.3 Å². The number of thiophene rings is 1. The third kappa shape index (κ3) is 3.02. The fourth-order valence-corrected chi connectivity index (χ4v) is 4.77. The van der Waals surface area contributed by atoms with Crippen LogP contribution in [-0.2, 0) is 11.2 Å². The van der Waals surface area contributed by atoms with E-state index in [2.05, 4.69) is 9.97 Å². The number of nitrogens with zero attached hydrogens (tertiary/aromatic N) is 4. The van der Waals surface area contributed by atoms with E-state index in [-0.39, 0.29) is 17.4 Å². The zero-order chi connectivity index (χ0) is 17.4. The Morgan fingerprint density at radius 3 is 2.80 bits per heavy atom. The van der Waals surface area contributed by atoms with Gasteiger partial charge in [-0.15, -0.1) is 11.3 Å². The van der Waals surface area contributed by atoms with Crippen LogP contribution in [0.2, 0.25) is 4.34 Å². The Morgan fingerprint density at radius 1 is 1.28 bits per heavy atom. The predicted molar refractivity (Wildman–Crippen MR) is 94.6 cm³/mol. The summed E-state index contributed by atoms with van der Waals surface area (Å²) in [5.41, 5.74) is 0.180. The number of rotatable bonds is 3. The quantitative estimate of drug-likeness (QED) is 0.824. The number of halogens is 1. The van der Waals surface area contributed by atoms with Crippen LogP contribution in [0, 0.1) is 0 Å². The van der Waals surface area contributed by atoms with Crippen LogP contribution in [0.1, 0.15) is 28.2 Å². The summed E-state index contributed by atoms with van der Waals surface area (Å²) in [5.74, 6) is 0.0162. The molecule has 0 bridgehead atoms. The largest absolute Gasteiger partial charge is 0.338 e. The van der Waals surface area contributed by atoms with Gasteiger partial charge in [0.2, 0.25) is 5.91 Å². The molecule has 0 atom stereocenters. The van der Waals surface area contributed by atoms with Crippen molar-refractivity contribution in [1.29, 1.82) is 0 Å². The molecule has 2 aromatic rings. The van der Waals surface area contributed by atoms with E-state index in [1.165, 1.54) is 17.7 Å². The van der Waals surface area contributed by atoms with Crippen molar-refractivity contribution in [3.8, 4) is 0 Å². The molecule has 2 amide bonds. The minimum absolute atomic E-state index is 0.0722. The number of amides is 2. The first-order chi connectivity index (χ1) is 12.1. The maximum atomic E-state index is 12.7. The number of carbonyl (C=O) groups excluding carboxylic acids is 2. The van der Waals surface area contributed by atoms with Crippen molar-refractivity contribution in [2.75, 3.05) is 19.6 Å². The van der Waals surface area contributed by atoms with Gasteiger partial charge in [-0.25, -0.2) is 9.97 Å². The molecule has 2 saturated heterocycles. The normalized spacial score (nSPS) is 18.4. The fraction of sp³-hybridized carbons (Fsp3) is 0.412. The number of carbonyl (C=O) groups is 2. The zero-order valence-corrected chi connectivity index (χ0v) is 15.1. The number of likely N-dealkylation sites (tertiary alicyclic amines) is 2. The zero-order valence-electron chi connectivity index (χ0n) is 13.5. The van der Waals surface area contributed by atoms with Gasteiger partial charge < -0.3 is 9.80 Å². The summed E-state index contributed by atoms with van der Waals surface area (Å²) in [6.45, 7) is 1.91. The average molecular weight is 377 g/mol. The minimum Gasteiger partial charge on any atom is -0.338 e. The molecule has 130 valence electrons. The molecule has 0 N–H and O–H groups in total. The van der Waals surface area contributed by atoms with Crippen LogP contribution in [0.15, 0.2) is 30.7 Å². The first-order valence-electron chi connectivity index (χ1n) is 8.17. The summed E-state index contributed by atoms with van der Waals surface area (Å²) in [5, 5.41) is 0. The average Bonchev–Trinajstić information content (AvgIpc) is 3.20. The lowest BCUT2D eigenvalue weighted by molar-refractivity contribution is -0.142. The highest BCUT2D eigenvalue weighted by Crippen LogP contribution is 2.38. The number of hydrogen-bond donors (Lipinski definition) is 0. The maximum absolute atomic E-state index is 12.7. The van der Waals surface area contributed by atoms with Crippen LogP contribution < -0.4 is 0 Å². The standard InChI is InChI=1S/C17H17ClN4O2S/c18-14-3-2-12(25-14)8-15(23)21-9-17(10-21)5-1-7-22(17)16(24)13-4-6-19-11-20-13/h2-4,6,11H,1,5,7-10H2. The molecule has 25 heavy (non-hydrogen) atoms. The lowest BCUT2D eigenvalue weighted by Gasteiger charge is -2.52. The van der Waals surface area contributed by atoms with Crippen molar-refractivity contribution in [3.63, 3.8) is 0 Å². The molecule has 6 nitrogen and oxygen atoms in total. The highest BCUT2D eigenvalue weighted by atomic mass is 35.5. The lowest BCUT2D eigenvalue weighted by Crippen LogP contribution is -2.70. The Hall–Kier alpha value is -1.99. The third-order valence-electron chi connectivity index (χ3n) is 4.92. The first kappa shape index (κ1) is 16.5. The lowest BCUT2D eigenvalue weighted by atomic mass is 9.86. The molecule has 8 heteroatoms. The topological polar surface area (TPSA) is 66.4 Å². The summed E-state index contributed by atoms with van der Waals surface area (Å²) in [6, 6.07) is 5.34. The Labute approximate surface area is 154 Å². The SMILES string of the molecule is O=C(Cc1ccc(Cl)s1)N1CC2(CCCN2C(=O)c2ccncn2)C1. The molecule has 1 spiro atoms. The van der Waals surface area contributed by atoms with Crippen LogP contribution in [0.4, 0.5) is 0 Å². The van der Waals surface area contributed by atoms with Crippen molar-refractivity contribution in [1.82, 2.24) is 19.8 Å². The maximum Gasteiger partial charge on any atom is 0.273 e. The summed E-state index contributed by atoms with van der Waals surface area (Å²) in [7, 11) is 0. The minimum atomic E-state index is -0.231. The Balaban J connectivity index is 1.42. The van der Waals surface area contributed by atoms with Crippen molar-refractivity contribution < 1.29 is 9.59 Å². The highest BCUT2D eigenvalue weighted by Gasteiger charge is 2.53.